The van der Waals surface area contributed by atoms with Gasteiger partial charge in [0.05, 0.1) is 37.5 Å². The first-order chi connectivity index (χ1) is 15.9. The van der Waals surface area contributed by atoms with E-state index in [2.05, 4.69) is 27.5 Å². The van der Waals surface area contributed by atoms with Crippen LogP contribution in [0.4, 0.5) is 10.2 Å². The number of nitriles is 1. The highest BCUT2D eigenvalue weighted by atomic mass is 19.1. The van der Waals surface area contributed by atoms with Crippen LogP contribution in [0, 0.1) is 17.1 Å². The van der Waals surface area contributed by atoms with E-state index >= 15 is 4.39 Å². The maximum Gasteiger partial charge on any atom is 0.157 e. The van der Waals surface area contributed by atoms with Crippen LogP contribution < -0.4 is 15.4 Å². The number of pyridine rings is 1. The summed E-state index contributed by atoms with van der Waals surface area (Å²) in [5.41, 5.74) is 1.54. The highest BCUT2D eigenvalue weighted by Gasteiger charge is 2.40. The van der Waals surface area contributed by atoms with Crippen LogP contribution in [0.15, 0.2) is 18.3 Å². The number of hydrogen-bond acceptors (Lipinski definition) is 8. The molecule has 1 aliphatic heterocycles. The van der Waals surface area contributed by atoms with Gasteiger partial charge in [-0.05, 0) is 26.5 Å². The van der Waals surface area contributed by atoms with E-state index in [-0.39, 0.29) is 22.7 Å². The molecule has 0 radical (unpaired) electrons. The van der Waals surface area contributed by atoms with Crippen LogP contribution in [0.5, 0.6) is 5.75 Å². The minimum atomic E-state index is -0.614. The molecule has 174 valence electrons. The van der Waals surface area contributed by atoms with Gasteiger partial charge in [0.2, 0.25) is 0 Å². The third-order valence-corrected chi connectivity index (χ3v) is 5.86. The molecule has 0 spiro atoms. The molecule has 10 heteroatoms. The summed E-state index contributed by atoms with van der Waals surface area (Å²) in [7, 11) is 3.45. The van der Waals surface area contributed by atoms with Crippen LogP contribution in [0.1, 0.15) is 37.9 Å². The van der Waals surface area contributed by atoms with Gasteiger partial charge in [-0.25, -0.2) is 18.9 Å². The summed E-state index contributed by atoms with van der Waals surface area (Å²) >= 11 is 0. The predicted molar refractivity (Wildman–Crippen MR) is 122 cm³/mol. The number of imidazole rings is 1. The van der Waals surface area contributed by atoms with E-state index in [1.54, 1.807) is 17.7 Å². The van der Waals surface area contributed by atoms with E-state index in [4.69, 9.17) is 14.6 Å². The van der Waals surface area contributed by atoms with Crippen molar-refractivity contribution < 1.29 is 13.9 Å². The average molecular weight is 454 g/mol. The molecule has 3 aromatic rings. The summed E-state index contributed by atoms with van der Waals surface area (Å²) in [6, 6.07) is 5.07. The molecule has 1 aliphatic rings. The molecule has 0 bridgehead atoms. The Kier molecular flexibility index (Phi) is 6.44. The third-order valence-electron chi connectivity index (χ3n) is 5.86. The molecule has 0 amide bonds. The second kappa shape index (κ2) is 9.29. The van der Waals surface area contributed by atoms with Crippen LogP contribution in [0.25, 0.3) is 17.0 Å². The number of halogens is 1. The van der Waals surface area contributed by atoms with E-state index in [0.717, 1.165) is 12.8 Å². The lowest BCUT2D eigenvalue weighted by Crippen LogP contribution is -2.45. The van der Waals surface area contributed by atoms with Gasteiger partial charge in [0.15, 0.2) is 11.5 Å². The summed E-state index contributed by atoms with van der Waals surface area (Å²) in [5.74, 6) is 0.332. The van der Waals surface area contributed by atoms with Crippen molar-refractivity contribution in [1.82, 2.24) is 24.9 Å². The smallest absolute Gasteiger partial charge is 0.157 e. The Balaban J connectivity index is 1.82. The van der Waals surface area contributed by atoms with Crippen molar-refractivity contribution in [2.75, 3.05) is 39.2 Å². The zero-order valence-electron chi connectivity index (χ0n) is 19.3. The van der Waals surface area contributed by atoms with Gasteiger partial charge in [-0.15, -0.1) is 0 Å². The van der Waals surface area contributed by atoms with E-state index in [9.17, 15) is 5.26 Å². The SMILES string of the molecule is CCCC(CNC)Nc1nc(-c2cnc3cc(OC)c(C4(C)COC4)nn23)c(F)cc1C#N. The Morgan fingerprint density at radius 3 is 2.79 bits per heavy atom. The fraction of sp³-hybridized carbons (Fsp3) is 0.478. The Bertz CT molecular complexity index is 1190. The highest BCUT2D eigenvalue weighted by Crippen LogP contribution is 2.37. The van der Waals surface area contributed by atoms with Crippen LogP contribution in [-0.2, 0) is 10.2 Å². The normalized spacial score (nSPS) is 15.6. The molecular weight excluding hydrogens is 425 g/mol. The fourth-order valence-corrected chi connectivity index (χ4v) is 4.06. The summed E-state index contributed by atoms with van der Waals surface area (Å²) in [6.45, 7) is 5.86. The van der Waals surface area contributed by atoms with Crippen LogP contribution >= 0.6 is 0 Å². The maximum atomic E-state index is 15.1. The molecule has 1 fully saturated rings. The minimum absolute atomic E-state index is 0.0488. The molecule has 1 unspecified atom stereocenters. The standard InChI is InChI=1S/C23H28FN7O2/c1-5-6-15(10-26-3)28-22-14(9-25)7-16(24)20(29-22)17-11-27-19-8-18(32-4)21(30-31(17)19)23(2)12-33-13-23/h7-8,11,15,26H,5-6,10,12-13H2,1-4H3,(H,28,29). The predicted octanol–water partition coefficient (Wildman–Crippen LogP) is 2.90. The molecule has 3 aromatic heterocycles. The Labute approximate surface area is 191 Å². The first kappa shape index (κ1) is 22.9. The molecule has 4 rings (SSSR count). The summed E-state index contributed by atoms with van der Waals surface area (Å²) in [5, 5.41) is 20.8. The van der Waals surface area contributed by atoms with Gasteiger partial charge in [0.25, 0.3) is 0 Å². The Morgan fingerprint density at radius 2 is 2.18 bits per heavy atom. The molecule has 0 aromatic carbocycles. The van der Waals surface area contributed by atoms with Crippen molar-refractivity contribution in [2.24, 2.45) is 0 Å². The van der Waals surface area contributed by atoms with E-state index in [0.29, 0.717) is 48.4 Å². The fourth-order valence-electron chi connectivity index (χ4n) is 4.06. The van der Waals surface area contributed by atoms with Crippen molar-refractivity contribution in [3.05, 3.63) is 35.4 Å². The number of nitrogens with zero attached hydrogens (tertiary/aromatic N) is 5. The molecule has 2 N–H and O–H groups in total. The second-order valence-corrected chi connectivity index (χ2v) is 8.54. The lowest BCUT2D eigenvalue weighted by Gasteiger charge is -2.37. The molecule has 0 saturated carbocycles. The van der Waals surface area contributed by atoms with Crippen molar-refractivity contribution >= 4 is 11.5 Å². The monoisotopic (exact) mass is 453 g/mol. The maximum absolute atomic E-state index is 15.1. The minimum Gasteiger partial charge on any atom is -0.495 e. The van der Waals surface area contributed by atoms with Gasteiger partial charge in [0, 0.05) is 18.7 Å². The van der Waals surface area contributed by atoms with Gasteiger partial charge in [-0.3, -0.25) is 0 Å². The first-order valence-electron chi connectivity index (χ1n) is 11.0. The van der Waals surface area contributed by atoms with Crippen molar-refractivity contribution in [3.8, 4) is 23.2 Å². The molecule has 1 saturated heterocycles. The number of methoxy groups -OCH3 is 1. The number of anilines is 1. The molecule has 4 heterocycles. The van der Waals surface area contributed by atoms with E-state index < -0.39 is 5.82 Å². The van der Waals surface area contributed by atoms with Gasteiger partial charge in [-0.1, -0.05) is 13.3 Å². The van der Waals surface area contributed by atoms with Crippen LogP contribution in [0.2, 0.25) is 0 Å². The number of nitrogens with one attached hydrogen (secondary N) is 2. The van der Waals surface area contributed by atoms with Crippen molar-refractivity contribution in [2.45, 2.75) is 38.1 Å². The van der Waals surface area contributed by atoms with Crippen LogP contribution in [0.3, 0.4) is 0 Å². The number of ether oxygens (including phenoxy) is 2. The van der Waals surface area contributed by atoms with Gasteiger partial charge in [0.1, 0.15) is 34.7 Å². The number of rotatable bonds is 9. The molecule has 33 heavy (non-hydrogen) atoms. The zero-order valence-corrected chi connectivity index (χ0v) is 19.3. The van der Waals surface area contributed by atoms with Crippen LogP contribution in [-0.4, -0.2) is 59.5 Å². The summed E-state index contributed by atoms with van der Waals surface area (Å²) in [6.07, 6.45) is 3.37. The second-order valence-electron chi connectivity index (χ2n) is 8.54. The number of hydrogen-bond donors (Lipinski definition) is 2. The number of likely N-dealkylation sites (N-methyl/N-ethyl adjacent to an activating group) is 1. The zero-order chi connectivity index (χ0) is 23.6. The molecular formula is C23H28FN7O2. The first-order valence-corrected chi connectivity index (χ1v) is 11.0. The number of aromatic nitrogens is 4. The summed E-state index contributed by atoms with van der Waals surface area (Å²) < 4.78 is 27.6. The van der Waals surface area contributed by atoms with Crippen molar-refractivity contribution in [3.63, 3.8) is 0 Å². The number of fused-ring (bicyclic) bond motifs is 1. The largest absolute Gasteiger partial charge is 0.495 e. The van der Waals surface area contributed by atoms with Crippen molar-refractivity contribution in [1.29, 1.82) is 5.26 Å². The Hall–Kier alpha value is -3.29. The molecule has 1 atom stereocenters. The topological polar surface area (TPSA) is 109 Å². The Morgan fingerprint density at radius 1 is 1.39 bits per heavy atom. The quantitative estimate of drug-likeness (QED) is 0.509. The van der Waals surface area contributed by atoms with E-state index in [1.807, 2.05) is 20.0 Å². The third kappa shape index (κ3) is 4.21. The molecule has 0 aliphatic carbocycles. The average Bonchev–Trinajstić information content (AvgIpc) is 3.20. The van der Waals surface area contributed by atoms with Gasteiger partial charge < -0.3 is 20.1 Å². The van der Waals surface area contributed by atoms with E-state index in [1.165, 1.54) is 12.3 Å². The van der Waals surface area contributed by atoms with Gasteiger partial charge >= 0.3 is 0 Å². The lowest BCUT2D eigenvalue weighted by molar-refractivity contribution is -0.0535. The molecule has 9 nitrogen and oxygen atoms in total. The lowest BCUT2D eigenvalue weighted by atomic mass is 9.84. The highest BCUT2D eigenvalue weighted by molar-refractivity contribution is 5.66. The summed E-state index contributed by atoms with van der Waals surface area (Å²) in [4.78, 5) is 8.91. The van der Waals surface area contributed by atoms with Gasteiger partial charge in [-0.2, -0.15) is 10.4 Å².